The van der Waals surface area contributed by atoms with Crippen LogP contribution in [0.25, 0.3) is 11.0 Å². The average Bonchev–Trinajstić information content (AvgIpc) is 2.65. The van der Waals surface area contributed by atoms with E-state index in [0.29, 0.717) is 28.9 Å². The molecule has 6 nitrogen and oxygen atoms in total. The lowest BCUT2D eigenvalue weighted by Crippen LogP contribution is -2.34. The summed E-state index contributed by atoms with van der Waals surface area (Å²) in [6.07, 6.45) is 0.513. The Morgan fingerprint density at radius 2 is 1.85 bits per heavy atom. The Kier molecular flexibility index (Phi) is 5.04. The number of aryl methyl sites for hydroxylation is 2. The van der Waals surface area contributed by atoms with Crippen molar-refractivity contribution in [2.75, 3.05) is 6.61 Å². The highest BCUT2D eigenvalue weighted by atomic mass is 16.5. The smallest absolute Gasteiger partial charge is 0.340 e. The van der Waals surface area contributed by atoms with E-state index in [-0.39, 0.29) is 12.2 Å². The van der Waals surface area contributed by atoms with E-state index in [4.69, 9.17) is 15.0 Å². The van der Waals surface area contributed by atoms with Crippen molar-refractivity contribution in [3.63, 3.8) is 0 Å². The first-order valence-corrected chi connectivity index (χ1v) is 8.23. The van der Waals surface area contributed by atoms with Crippen LogP contribution in [0.1, 0.15) is 22.3 Å². The van der Waals surface area contributed by atoms with Gasteiger partial charge < -0.3 is 9.15 Å². The molecule has 0 fully saturated rings. The van der Waals surface area contributed by atoms with E-state index in [9.17, 15) is 9.59 Å². The molecule has 3 aromatic rings. The first kappa shape index (κ1) is 17.7. The van der Waals surface area contributed by atoms with Crippen LogP contribution in [-0.2, 0) is 11.2 Å². The van der Waals surface area contributed by atoms with Crippen molar-refractivity contribution in [3.05, 3.63) is 75.1 Å². The van der Waals surface area contributed by atoms with Gasteiger partial charge in [0.2, 0.25) is 0 Å². The number of amides is 1. The van der Waals surface area contributed by atoms with E-state index >= 15 is 0 Å². The van der Waals surface area contributed by atoms with Crippen molar-refractivity contribution >= 4 is 16.9 Å². The molecule has 1 amide bonds. The quantitative estimate of drug-likeness (QED) is 0.318. The molecule has 3 N–H and O–H groups in total. The van der Waals surface area contributed by atoms with Crippen LogP contribution in [0.3, 0.4) is 0 Å². The molecule has 0 atom stereocenters. The average molecular weight is 352 g/mol. The molecule has 0 aliphatic heterocycles. The predicted octanol–water partition coefficient (Wildman–Crippen LogP) is 2.37. The maximum atomic E-state index is 12.5. The molecule has 0 saturated heterocycles. The second-order valence-corrected chi connectivity index (χ2v) is 6.08. The molecule has 3 rings (SSSR count). The summed E-state index contributed by atoms with van der Waals surface area (Å²) in [5, 5.41) is 0.851. The van der Waals surface area contributed by atoms with Gasteiger partial charge in [0.05, 0.1) is 0 Å². The summed E-state index contributed by atoms with van der Waals surface area (Å²) in [5.41, 5.74) is 5.34. The number of carbonyl (C=O) groups excluding carboxylic acids is 1. The second kappa shape index (κ2) is 7.41. The van der Waals surface area contributed by atoms with Crippen LogP contribution in [-0.4, -0.2) is 12.5 Å². The minimum Gasteiger partial charge on any atom is -0.483 e. The Hall–Kier alpha value is -3.12. The number of ether oxygens (including phenoxy) is 1. The van der Waals surface area contributed by atoms with Gasteiger partial charge in [0, 0.05) is 22.9 Å². The van der Waals surface area contributed by atoms with E-state index in [1.54, 1.807) is 13.0 Å². The molecule has 0 saturated carbocycles. The predicted molar refractivity (Wildman–Crippen MR) is 99.0 cm³/mol. The molecule has 134 valence electrons. The fourth-order valence-electron chi connectivity index (χ4n) is 2.92. The number of benzene rings is 2. The standard InChI is InChI=1S/C20H20N2O4/c1-12-15-8-9-17(25-11-18(23)22-21)13(2)19(15)26-20(24)16(12)10-14-6-4-3-5-7-14/h3-9H,10-11,21H2,1-2H3,(H,22,23). The van der Waals surface area contributed by atoms with Gasteiger partial charge in [-0.2, -0.15) is 0 Å². The first-order valence-electron chi connectivity index (χ1n) is 8.23. The summed E-state index contributed by atoms with van der Waals surface area (Å²) in [4.78, 5) is 23.8. The molecule has 1 aromatic heterocycles. The third-order valence-electron chi connectivity index (χ3n) is 4.40. The second-order valence-electron chi connectivity index (χ2n) is 6.08. The maximum absolute atomic E-state index is 12.5. The number of hydrogen-bond acceptors (Lipinski definition) is 5. The van der Waals surface area contributed by atoms with Crippen molar-refractivity contribution in [2.45, 2.75) is 20.3 Å². The molecular weight excluding hydrogens is 332 g/mol. The number of nitrogens with two attached hydrogens (primary N) is 1. The summed E-state index contributed by atoms with van der Waals surface area (Å²) in [6, 6.07) is 13.4. The summed E-state index contributed by atoms with van der Waals surface area (Å²) in [5.74, 6) is 5.07. The minimum absolute atomic E-state index is 0.210. The zero-order valence-corrected chi connectivity index (χ0v) is 14.7. The molecule has 2 aromatic carbocycles. The monoisotopic (exact) mass is 352 g/mol. The zero-order chi connectivity index (χ0) is 18.7. The Balaban J connectivity index is 2.02. The number of carbonyl (C=O) groups is 1. The zero-order valence-electron chi connectivity index (χ0n) is 14.7. The lowest BCUT2D eigenvalue weighted by Gasteiger charge is -2.13. The molecule has 0 radical (unpaired) electrons. The number of hydrazine groups is 1. The highest BCUT2D eigenvalue weighted by Crippen LogP contribution is 2.29. The third-order valence-corrected chi connectivity index (χ3v) is 4.40. The van der Waals surface area contributed by atoms with E-state index < -0.39 is 5.91 Å². The van der Waals surface area contributed by atoms with Gasteiger partial charge in [-0.3, -0.25) is 10.2 Å². The van der Waals surface area contributed by atoms with Crippen molar-refractivity contribution in [3.8, 4) is 5.75 Å². The Morgan fingerprint density at radius 1 is 1.12 bits per heavy atom. The molecule has 0 aliphatic carbocycles. The number of nitrogens with one attached hydrogen (secondary N) is 1. The van der Waals surface area contributed by atoms with Crippen molar-refractivity contribution in [1.82, 2.24) is 5.43 Å². The topological polar surface area (TPSA) is 94.6 Å². The Labute approximate surface area is 150 Å². The molecule has 0 unspecified atom stereocenters. The SMILES string of the molecule is Cc1c(Cc2ccccc2)c(=O)oc2c(C)c(OCC(=O)NN)ccc12. The van der Waals surface area contributed by atoms with Crippen molar-refractivity contribution < 1.29 is 13.9 Å². The van der Waals surface area contributed by atoms with E-state index in [1.165, 1.54) is 0 Å². The molecule has 0 bridgehead atoms. The van der Waals surface area contributed by atoms with Gasteiger partial charge in [0.25, 0.3) is 5.91 Å². The van der Waals surface area contributed by atoms with Crippen LogP contribution in [0.15, 0.2) is 51.7 Å². The van der Waals surface area contributed by atoms with Gasteiger partial charge >= 0.3 is 5.63 Å². The lowest BCUT2D eigenvalue weighted by atomic mass is 9.98. The fourth-order valence-corrected chi connectivity index (χ4v) is 2.92. The molecule has 0 aliphatic rings. The maximum Gasteiger partial charge on any atom is 0.340 e. The van der Waals surface area contributed by atoms with Gasteiger partial charge in [0.1, 0.15) is 11.3 Å². The van der Waals surface area contributed by atoms with Crippen LogP contribution in [0.5, 0.6) is 5.75 Å². The van der Waals surface area contributed by atoms with Crippen LogP contribution >= 0.6 is 0 Å². The molecular formula is C20H20N2O4. The van der Waals surface area contributed by atoms with E-state index in [1.807, 2.05) is 48.7 Å². The van der Waals surface area contributed by atoms with Crippen molar-refractivity contribution in [2.24, 2.45) is 5.84 Å². The summed E-state index contributed by atoms with van der Waals surface area (Å²) >= 11 is 0. The largest absolute Gasteiger partial charge is 0.483 e. The van der Waals surface area contributed by atoms with Crippen LogP contribution in [0, 0.1) is 13.8 Å². The number of hydrogen-bond donors (Lipinski definition) is 2. The van der Waals surface area contributed by atoms with Gasteiger partial charge in [0.15, 0.2) is 6.61 Å². The van der Waals surface area contributed by atoms with Gasteiger partial charge in [-0.1, -0.05) is 30.3 Å². The minimum atomic E-state index is -0.444. The normalized spacial score (nSPS) is 10.7. The Bertz CT molecular complexity index is 1010. The molecule has 0 spiro atoms. The van der Waals surface area contributed by atoms with Crippen LogP contribution in [0.2, 0.25) is 0 Å². The van der Waals surface area contributed by atoms with Gasteiger partial charge in [-0.25, -0.2) is 10.6 Å². The number of rotatable bonds is 5. The Morgan fingerprint density at radius 3 is 2.54 bits per heavy atom. The van der Waals surface area contributed by atoms with Gasteiger partial charge in [-0.05, 0) is 37.1 Å². The first-order chi connectivity index (χ1) is 12.5. The molecule has 6 heteroatoms. The number of fused-ring (bicyclic) bond motifs is 1. The lowest BCUT2D eigenvalue weighted by molar-refractivity contribution is -0.123. The third kappa shape index (κ3) is 3.45. The van der Waals surface area contributed by atoms with Crippen molar-refractivity contribution in [1.29, 1.82) is 0 Å². The highest BCUT2D eigenvalue weighted by molar-refractivity contribution is 5.86. The molecule has 26 heavy (non-hydrogen) atoms. The fraction of sp³-hybridized carbons (Fsp3) is 0.200. The van der Waals surface area contributed by atoms with E-state index in [2.05, 4.69) is 0 Å². The summed E-state index contributed by atoms with van der Waals surface area (Å²) < 4.78 is 11.0. The van der Waals surface area contributed by atoms with Crippen LogP contribution in [0.4, 0.5) is 0 Å². The van der Waals surface area contributed by atoms with Gasteiger partial charge in [-0.15, -0.1) is 0 Å². The van der Waals surface area contributed by atoms with Crippen LogP contribution < -0.4 is 21.6 Å². The highest BCUT2D eigenvalue weighted by Gasteiger charge is 2.16. The summed E-state index contributed by atoms with van der Waals surface area (Å²) in [6.45, 7) is 3.49. The summed E-state index contributed by atoms with van der Waals surface area (Å²) in [7, 11) is 0. The van der Waals surface area contributed by atoms with E-state index in [0.717, 1.165) is 16.5 Å². The molecule has 1 heterocycles.